The van der Waals surface area contributed by atoms with Crippen molar-refractivity contribution in [3.05, 3.63) is 0 Å². The Bertz CT molecular complexity index is 240. The molecule has 2 fully saturated rings. The highest BCUT2D eigenvalue weighted by Crippen LogP contribution is 2.25. The molecule has 0 aromatic rings. The fraction of sp³-hybridized carbons (Fsp3) is 0.909. The van der Waals surface area contributed by atoms with Crippen molar-refractivity contribution in [2.75, 3.05) is 26.7 Å². The Balaban J connectivity index is 1.78. The maximum atomic E-state index is 11.6. The molecule has 1 amide bonds. The van der Waals surface area contributed by atoms with Gasteiger partial charge in [-0.25, -0.2) is 0 Å². The average molecular weight is 211 g/mol. The van der Waals surface area contributed by atoms with Crippen LogP contribution in [0, 0.1) is 0 Å². The third-order valence-corrected chi connectivity index (χ3v) is 3.44. The van der Waals surface area contributed by atoms with Crippen molar-refractivity contribution < 1.29 is 4.79 Å². The molecule has 1 saturated carbocycles. The molecule has 4 nitrogen and oxygen atoms in total. The van der Waals surface area contributed by atoms with Crippen LogP contribution in [0.2, 0.25) is 0 Å². The maximum Gasteiger partial charge on any atom is 0.237 e. The average Bonchev–Trinajstić information content (AvgIpc) is 3.01. The van der Waals surface area contributed by atoms with Crippen LogP contribution in [-0.4, -0.2) is 54.6 Å². The van der Waals surface area contributed by atoms with Gasteiger partial charge in [-0.2, -0.15) is 0 Å². The Morgan fingerprint density at radius 3 is 2.87 bits per heavy atom. The van der Waals surface area contributed by atoms with Crippen LogP contribution in [0.4, 0.5) is 0 Å². The lowest BCUT2D eigenvalue weighted by atomic mass is 10.3. The topological polar surface area (TPSA) is 35.6 Å². The third kappa shape index (κ3) is 2.49. The van der Waals surface area contributed by atoms with Crippen LogP contribution in [0.1, 0.15) is 26.2 Å². The molecule has 15 heavy (non-hydrogen) atoms. The van der Waals surface area contributed by atoms with Crippen LogP contribution in [0.25, 0.3) is 0 Å². The molecule has 1 aliphatic carbocycles. The molecule has 0 radical (unpaired) electrons. The Morgan fingerprint density at radius 1 is 1.53 bits per heavy atom. The molecule has 0 aromatic carbocycles. The first-order valence-electron chi connectivity index (χ1n) is 5.95. The second-order valence-electron chi connectivity index (χ2n) is 4.60. The molecule has 0 aromatic heterocycles. The van der Waals surface area contributed by atoms with E-state index >= 15 is 0 Å². The number of rotatable bonds is 5. The molecule has 1 unspecified atom stereocenters. The van der Waals surface area contributed by atoms with E-state index in [4.69, 9.17) is 0 Å². The van der Waals surface area contributed by atoms with Crippen molar-refractivity contribution in [1.82, 2.24) is 15.1 Å². The van der Waals surface area contributed by atoms with Gasteiger partial charge in [0.1, 0.15) is 0 Å². The summed E-state index contributed by atoms with van der Waals surface area (Å²) in [5.41, 5.74) is 0. The molecular formula is C11H21N3O. The highest BCUT2D eigenvalue weighted by Gasteiger charge is 2.30. The fourth-order valence-corrected chi connectivity index (χ4v) is 2.20. The van der Waals surface area contributed by atoms with Crippen LogP contribution in [0.3, 0.4) is 0 Å². The SMILES string of the molecule is CCC1NCC(=O)N1CCN(C)C1CC1. The minimum absolute atomic E-state index is 0.256. The smallest absolute Gasteiger partial charge is 0.237 e. The second kappa shape index (κ2) is 4.49. The Hall–Kier alpha value is -0.610. The highest BCUT2D eigenvalue weighted by molar-refractivity contribution is 5.80. The van der Waals surface area contributed by atoms with E-state index in [9.17, 15) is 4.79 Å². The Kier molecular flexibility index (Phi) is 3.26. The standard InChI is InChI=1S/C11H21N3O/c1-3-10-12-8-11(15)14(10)7-6-13(2)9-4-5-9/h9-10,12H,3-8H2,1-2H3. The highest BCUT2D eigenvalue weighted by atomic mass is 16.2. The fourth-order valence-electron chi connectivity index (χ4n) is 2.20. The van der Waals surface area contributed by atoms with Crippen molar-refractivity contribution >= 4 is 5.91 Å². The molecule has 1 atom stereocenters. The first-order chi connectivity index (χ1) is 7.22. The number of likely N-dealkylation sites (N-methyl/N-ethyl adjacent to an activating group) is 1. The summed E-state index contributed by atoms with van der Waals surface area (Å²) < 4.78 is 0. The maximum absolute atomic E-state index is 11.6. The number of carbonyl (C=O) groups is 1. The summed E-state index contributed by atoms with van der Waals surface area (Å²) in [6.45, 7) is 4.52. The molecule has 1 saturated heterocycles. The number of hydrogen-bond acceptors (Lipinski definition) is 3. The number of carbonyl (C=O) groups excluding carboxylic acids is 1. The van der Waals surface area contributed by atoms with E-state index < -0.39 is 0 Å². The van der Waals surface area contributed by atoms with Crippen LogP contribution in [-0.2, 0) is 4.79 Å². The predicted molar refractivity (Wildman–Crippen MR) is 59.4 cm³/mol. The van der Waals surface area contributed by atoms with Gasteiger partial charge in [0.05, 0.1) is 12.7 Å². The van der Waals surface area contributed by atoms with Crippen LogP contribution in [0.5, 0.6) is 0 Å². The van der Waals surface area contributed by atoms with E-state index in [0.717, 1.165) is 25.6 Å². The molecule has 86 valence electrons. The van der Waals surface area contributed by atoms with Crippen LogP contribution in [0.15, 0.2) is 0 Å². The summed E-state index contributed by atoms with van der Waals surface area (Å²) in [5.74, 6) is 0.256. The van der Waals surface area contributed by atoms with E-state index in [1.54, 1.807) is 0 Å². The Labute approximate surface area is 91.6 Å². The Morgan fingerprint density at radius 2 is 2.27 bits per heavy atom. The third-order valence-electron chi connectivity index (χ3n) is 3.44. The summed E-state index contributed by atoms with van der Waals surface area (Å²) in [5, 5.41) is 3.23. The van der Waals surface area contributed by atoms with Gasteiger partial charge in [-0.15, -0.1) is 0 Å². The summed E-state index contributed by atoms with van der Waals surface area (Å²) in [7, 11) is 2.16. The lowest BCUT2D eigenvalue weighted by Crippen LogP contribution is -2.41. The molecule has 0 bridgehead atoms. The van der Waals surface area contributed by atoms with E-state index in [1.807, 2.05) is 4.90 Å². The molecule has 1 aliphatic heterocycles. The lowest BCUT2D eigenvalue weighted by Gasteiger charge is -2.26. The zero-order valence-corrected chi connectivity index (χ0v) is 9.70. The van der Waals surface area contributed by atoms with Gasteiger partial charge in [0.2, 0.25) is 5.91 Å². The zero-order chi connectivity index (χ0) is 10.8. The van der Waals surface area contributed by atoms with Crippen molar-refractivity contribution in [2.45, 2.75) is 38.4 Å². The van der Waals surface area contributed by atoms with Crippen LogP contribution >= 0.6 is 0 Å². The molecule has 0 spiro atoms. The molecule has 4 heteroatoms. The molecule has 1 N–H and O–H groups in total. The van der Waals surface area contributed by atoms with Crippen molar-refractivity contribution in [3.63, 3.8) is 0 Å². The largest absolute Gasteiger partial charge is 0.325 e. The summed E-state index contributed by atoms with van der Waals surface area (Å²) in [4.78, 5) is 15.9. The molecule has 1 heterocycles. The minimum Gasteiger partial charge on any atom is -0.325 e. The van der Waals surface area contributed by atoms with E-state index in [-0.39, 0.29) is 12.1 Å². The number of nitrogens with one attached hydrogen (secondary N) is 1. The second-order valence-corrected chi connectivity index (χ2v) is 4.60. The quantitative estimate of drug-likeness (QED) is 0.708. The van der Waals surface area contributed by atoms with Crippen molar-refractivity contribution in [3.8, 4) is 0 Å². The predicted octanol–water partition coefficient (Wildman–Crippen LogP) is 0.249. The number of nitrogens with zero attached hydrogens (tertiary/aromatic N) is 2. The van der Waals surface area contributed by atoms with Gasteiger partial charge in [-0.05, 0) is 26.3 Å². The summed E-state index contributed by atoms with van der Waals surface area (Å²) in [6, 6.07) is 0.788. The number of hydrogen-bond donors (Lipinski definition) is 1. The summed E-state index contributed by atoms with van der Waals surface area (Å²) in [6.07, 6.45) is 3.93. The molecule has 2 rings (SSSR count). The van der Waals surface area contributed by atoms with Gasteiger partial charge in [0, 0.05) is 19.1 Å². The van der Waals surface area contributed by atoms with Gasteiger partial charge < -0.3 is 9.80 Å². The first kappa shape index (κ1) is 10.9. The zero-order valence-electron chi connectivity index (χ0n) is 9.70. The van der Waals surface area contributed by atoms with E-state index in [1.165, 1.54) is 12.8 Å². The normalized spacial score (nSPS) is 26.7. The number of amides is 1. The monoisotopic (exact) mass is 211 g/mol. The van der Waals surface area contributed by atoms with Gasteiger partial charge >= 0.3 is 0 Å². The molecule has 2 aliphatic rings. The van der Waals surface area contributed by atoms with Crippen LogP contribution < -0.4 is 5.32 Å². The van der Waals surface area contributed by atoms with E-state index in [0.29, 0.717) is 6.54 Å². The van der Waals surface area contributed by atoms with Crippen molar-refractivity contribution in [1.29, 1.82) is 0 Å². The van der Waals surface area contributed by atoms with Gasteiger partial charge in [-0.3, -0.25) is 10.1 Å². The molecular weight excluding hydrogens is 190 g/mol. The van der Waals surface area contributed by atoms with Gasteiger partial charge in [0.25, 0.3) is 0 Å². The van der Waals surface area contributed by atoms with E-state index in [2.05, 4.69) is 24.2 Å². The first-order valence-corrected chi connectivity index (χ1v) is 5.95. The lowest BCUT2D eigenvalue weighted by molar-refractivity contribution is -0.128. The summed E-state index contributed by atoms with van der Waals surface area (Å²) >= 11 is 0. The van der Waals surface area contributed by atoms with Gasteiger partial charge in [0.15, 0.2) is 0 Å². The minimum atomic E-state index is 0.256. The van der Waals surface area contributed by atoms with Crippen molar-refractivity contribution in [2.24, 2.45) is 0 Å². The van der Waals surface area contributed by atoms with Gasteiger partial charge in [-0.1, -0.05) is 6.92 Å².